The van der Waals surface area contributed by atoms with Gasteiger partial charge >= 0.3 is 5.97 Å². The smallest absolute Gasteiger partial charge is 0.349 e. The lowest BCUT2D eigenvalue weighted by atomic mass is 10.1. The van der Waals surface area contributed by atoms with Gasteiger partial charge in [0.1, 0.15) is 0 Å². The summed E-state index contributed by atoms with van der Waals surface area (Å²) in [6.07, 6.45) is -1.80. The summed E-state index contributed by atoms with van der Waals surface area (Å²) in [7, 11) is 0. The van der Waals surface area contributed by atoms with Gasteiger partial charge in [-0.3, -0.25) is 4.79 Å². The Bertz CT molecular complexity index is 442. The van der Waals surface area contributed by atoms with Crippen molar-refractivity contribution < 1.29 is 18.7 Å². The lowest BCUT2D eigenvalue weighted by Gasteiger charge is -2.08. The van der Waals surface area contributed by atoms with Crippen LogP contribution in [-0.4, -0.2) is 24.5 Å². The first-order valence-corrected chi connectivity index (χ1v) is 6.02. The van der Waals surface area contributed by atoms with Gasteiger partial charge in [-0.05, 0) is 24.6 Å². The van der Waals surface area contributed by atoms with Crippen LogP contribution < -0.4 is 0 Å². The zero-order chi connectivity index (χ0) is 13.7. The van der Waals surface area contributed by atoms with E-state index in [1.807, 2.05) is 0 Å². The third-order valence-electron chi connectivity index (χ3n) is 2.03. The quantitative estimate of drug-likeness (QED) is 0.474. The van der Waals surface area contributed by atoms with Crippen LogP contribution in [0.5, 0.6) is 0 Å². The lowest BCUT2D eigenvalue weighted by Crippen LogP contribution is -2.28. The second-order valence-electron chi connectivity index (χ2n) is 3.55. The minimum absolute atomic E-state index is 0.0616. The number of ether oxygens (including phenoxy) is 1. The standard InChI is InChI=1S/C12H11Cl2FO3/c1-2-3-18-12(17)10(15)11(16)7-4-8(13)6-9(14)5-7/h4-6,10H,2-3H2,1H3. The van der Waals surface area contributed by atoms with Crippen LogP contribution in [0.15, 0.2) is 18.2 Å². The molecule has 0 bridgehead atoms. The van der Waals surface area contributed by atoms with E-state index in [0.29, 0.717) is 6.42 Å². The van der Waals surface area contributed by atoms with Crippen molar-refractivity contribution in [2.24, 2.45) is 0 Å². The van der Waals surface area contributed by atoms with Crippen molar-refractivity contribution in [3.8, 4) is 0 Å². The molecule has 0 amide bonds. The Morgan fingerprint density at radius 1 is 1.28 bits per heavy atom. The molecule has 6 heteroatoms. The summed E-state index contributed by atoms with van der Waals surface area (Å²) < 4.78 is 18.1. The van der Waals surface area contributed by atoms with Gasteiger partial charge in [-0.25, -0.2) is 9.18 Å². The maximum atomic E-state index is 13.6. The van der Waals surface area contributed by atoms with Gasteiger partial charge in [0.05, 0.1) is 6.61 Å². The molecule has 3 nitrogen and oxygen atoms in total. The molecule has 0 heterocycles. The maximum absolute atomic E-state index is 13.6. The molecule has 1 aromatic carbocycles. The van der Waals surface area contributed by atoms with E-state index in [0.717, 1.165) is 0 Å². The fourth-order valence-electron chi connectivity index (χ4n) is 1.23. The number of alkyl halides is 1. The van der Waals surface area contributed by atoms with E-state index in [4.69, 9.17) is 23.2 Å². The molecule has 1 aromatic rings. The Morgan fingerprint density at radius 3 is 2.33 bits per heavy atom. The average Bonchev–Trinajstić information content (AvgIpc) is 2.32. The Balaban J connectivity index is 2.82. The molecule has 0 radical (unpaired) electrons. The minimum Gasteiger partial charge on any atom is -0.463 e. The molecule has 0 aliphatic heterocycles. The average molecular weight is 293 g/mol. The van der Waals surface area contributed by atoms with Crippen molar-refractivity contribution in [2.75, 3.05) is 6.61 Å². The highest BCUT2D eigenvalue weighted by atomic mass is 35.5. The SMILES string of the molecule is CCCOC(=O)C(F)C(=O)c1cc(Cl)cc(Cl)c1. The summed E-state index contributed by atoms with van der Waals surface area (Å²) in [6.45, 7) is 1.84. The van der Waals surface area contributed by atoms with Crippen molar-refractivity contribution >= 4 is 35.0 Å². The second-order valence-corrected chi connectivity index (χ2v) is 4.43. The number of hydrogen-bond donors (Lipinski definition) is 0. The summed E-state index contributed by atoms with van der Waals surface area (Å²) in [5, 5.41) is 0.389. The number of halogens is 3. The summed E-state index contributed by atoms with van der Waals surface area (Å²) in [5.41, 5.74) is -0.0616. The first-order chi connectivity index (χ1) is 8.45. The van der Waals surface area contributed by atoms with Gasteiger partial charge in [-0.2, -0.15) is 0 Å². The number of hydrogen-bond acceptors (Lipinski definition) is 3. The van der Waals surface area contributed by atoms with E-state index in [-0.39, 0.29) is 22.2 Å². The van der Waals surface area contributed by atoms with E-state index < -0.39 is 17.9 Å². The highest BCUT2D eigenvalue weighted by Gasteiger charge is 2.29. The Kier molecular flexibility index (Phi) is 5.56. The molecule has 0 saturated carbocycles. The summed E-state index contributed by atoms with van der Waals surface area (Å²) >= 11 is 11.4. The summed E-state index contributed by atoms with van der Waals surface area (Å²) in [6, 6.07) is 3.90. The van der Waals surface area contributed by atoms with E-state index in [9.17, 15) is 14.0 Å². The van der Waals surface area contributed by atoms with Crippen molar-refractivity contribution in [3.63, 3.8) is 0 Å². The molecule has 0 aliphatic carbocycles. The topological polar surface area (TPSA) is 43.4 Å². The highest BCUT2D eigenvalue weighted by Crippen LogP contribution is 2.20. The van der Waals surface area contributed by atoms with Crippen LogP contribution in [-0.2, 0) is 9.53 Å². The molecule has 1 unspecified atom stereocenters. The number of ketones is 1. The normalized spacial score (nSPS) is 12.0. The number of carbonyl (C=O) groups is 2. The summed E-state index contributed by atoms with van der Waals surface area (Å²) in [4.78, 5) is 22.9. The minimum atomic E-state index is -2.36. The van der Waals surface area contributed by atoms with Gasteiger partial charge in [0, 0.05) is 15.6 Å². The lowest BCUT2D eigenvalue weighted by molar-refractivity contribution is -0.147. The van der Waals surface area contributed by atoms with E-state index >= 15 is 0 Å². The number of esters is 1. The fourth-order valence-corrected chi connectivity index (χ4v) is 1.75. The Labute approximate surface area is 114 Å². The number of benzene rings is 1. The van der Waals surface area contributed by atoms with Crippen LogP contribution in [0.2, 0.25) is 10.0 Å². The predicted molar refractivity (Wildman–Crippen MR) is 66.9 cm³/mol. The molecule has 0 saturated heterocycles. The molecule has 1 rings (SSSR count). The van der Waals surface area contributed by atoms with E-state index in [2.05, 4.69) is 4.74 Å². The molecular formula is C12H11Cl2FO3. The monoisotopic (exact) mass is 292 g/mol. The predicted octanol–water partition coefficient (Wildman–Crippen LogP) is 3.47. The molecule has 18 heavy (non-hydrogen) atoms. The van der Waals surface area contributed by atoms with Crippen molar-refractivity contribution in [2.45, 2.75) is 19.5 Å². The van der Waals surface area contributed by atoms with Gasteiger partial charge in [-0.1, -0.05) is 30.1 Å². The zero-order valence-corrected chi connectivity index (χ0v) is 11.1. The van der Waals surface area contributed by atoms with E-state index in [1.54, 1.807) is 6.92 Å². The third kappa shape index (κ3) is 3.96. The van der Waals surface area contributed by atoms with Gasteiger partial charge in [-0.15, -0.1) is 0 Å². The van der Waals surface area contributed by atoms with Crippen LogP contribution in [0.3, 0.4) is 0 Å². The van der Waals surface area contributed by atoms with Crippen LogP contribution in [0, 0.1) is 0 Å². The number of rotatable bonds is 5. The first kappa shape index (κ1) is 14.9. The highest BCUT2D eigenvalue weighted by molar-refractivity contribution is 6.35. The largest absolute Gasteiger partial charge is 0.463 e. The van der Waals surface area contributed by atoms with Crippen LogP contribution in [0.4, 0.5) is 4.39 Å². The molecule has 1 atom stereocenters. The van der Waals surface area contributed by atoms with Gasteiger partial charge in [0.25, 0.3) is 6.17 Å². The summed E-state index contributed by atoms with van der Waals surface area (Å²) in [5.74, 6) is -2.21. The van der Waals surface area contributed by atoms with Gasteiger partial charge in [0.15, 0.2) is 0 Å². The molecule has 0 aliphatic rings. The van der Waals surface area contributed by atoms with Crippen LogP contribution >= 0.6 is 23.2 Å². The zero-order valence-electron chi connectivity index (χ0n) is 9.58. The maximum Gasteiger partial charge on any atom is 0.349 e. The van der Waals surface area contributed by atoms with Gasteiger partial charge < -0.3 is 4.74 Å². The van der Waals surface area contributed by atoms with Crippen molar-refractivity contribution in [1.29, 1.82) is 0 Å². The number of carbonyl (C=O) groups excluding carboxylic acids is 2. The Hall–Kier alpha value is -1.13. The van der Waals surface area contributed by atoms with Crippen LogP contribution in [0.1, 0.15) is 23.7 Å². The fraction of sp³-hybridized carbons (Fsp3) is 0.333. The van der Waals surface area contributed by atoms with Crippen LogP contribution in [0.25, 0.3) is 0 Å². The Morgan fingerprint density at radius 2 is 1.83 bits per heavy atom. The van der Waals surface area contributed by atoms with E-state index in [1.165, 1.54) is 18.2 Å². The third-order valence-corrected chi connectivity index (χ3v) is 2.47. The molecule has 0 fully saturated rings. The van der Waals surface area contributed by atoms with Crippen molar-refractivity contribution in [3.05, 3.63) is 33.8 Å². The molecule has 0 aromatic heterocycles. The second kappa shape index (κ2) is 6.71. The first-order valence-electron chi connectivity index (χ1n) is 5.26. The molecular weight excluding hydrogens is 282 g/mol. The van der Waals surface area contributed by atoms with Crippen molar-refractivity contribution in [1.82, 2.24) is 0 Å². The van der Waals surface area contributed by atoms with Gasteiger partial charge in [0.2, 0.25) is 5.78 Å². The number of Topliss-reactive ketones (excluding diaryl/α,β-unsaturated/α-hetero) is 1. The molecule has 0 N–H and O–H groups in total. The molecule has 0 spiro atoms. The molecule has 98 valence electrons.